The monoisotopic (exact) mass is 234 g/mol. The van der Waals surface area contributed by atoms with Gasteiger partial charge in [0.1, 0.15) is 10.7 Å². The fourth-order valence-corrected chi connectivity index (χ4v) is 2.36. The van der Waals surface area contributed by atoms with Gasteiger partial charge in [0, 0.05) is 23.0 Å². The first kappa shape index (κ1) is 9.60. The summed E-state index contributed by atoms with van der Waals surface area (Å²) in [6, 6.07) is 5.08. The average molecular weight is 235 g/mol. The van der Waals surface area contributed by atoms with E-state index in [0.717, 1.165) is 16.3 Å². The Labute approximate surface area is 96.1 Å². The van der Waals surface area contributed by atoms with Crippen LogP contribution in [0.25, 0.3) is 21.8 Å². The third kappa shape index (κ3) is 1.21. The second-order valence-corrected chi connectivity index (χ2v) is 4.20. The van der Waals surface area contributed by atoms with Crippen molar-refractivity contribution in [3.8, 4) is 0 Å². The minimum Gasteiger partial charge on any atom is -0.346 e. The van der Waals surface area contributed by atoms with E-state index >= 15 is 0 Å². The van der Waals surface area contributed by atoms with Crippen LogP contribution in [0.15, 0.2) is 24.4 Å². The molecular formula is C12H8ClFN2. The van der Waals surface area contributed by atoms with Crippen LogP contribution in [0.3, 0.4) is 0 Å². The molecule has 0 saturated heterocycles. The third-order valence-corrected chi connectivity index (χ3v) is 2.93. The van der Waals surface area contributed by atoms with E-state index in [1.54, 1.807) is 6.20 Å². The molecule has 16 heavy (non-hydrogen) atoms. The van der Waals surface area contributed by atoms with Crippen LogP contribution in [-0.2, 0) is 0 Å². The lowest BCUT2D eigenvalue weighted by molar-refractivity contribution is 0.638. The van der Waals surface area contributed by atoms with Gasteiger partial charge in [-0.05, 0) is 24.6 Å². The number of aromatic nitrogens is 2. The number of pyridine rings is 1. The molecule has 0 saturated carbocycles. The van der Waals surface area contributed by atoms with Gasteiger partial charge >= 0.3 is 0 Å². The molecule has 3 aromatic rings. The van der Waals surface area contributed by atoms with E-state index in [-0.39, 0.29) is 5.82 Å². The van der Waals surface area contributed by atoms with Gasteiger partial charge in [0.15, 0.2) is 5.82 Å². The maximum Gasteiger partial charge on any atom is 0.151 e. The van der Waals surface area contributed by atoms with Crippen molar-refractivity contribution in [1.82, 2.24) is 9.97 Å². The highest BCUT2D eigenvalue weighted by atomic mass is 35.5. The number of benzene rings is 1. The number of halogens is 2. The number of rotatable bonds is 0. The fraction of sp³-hybridized carbons (Fsp3) is 0.0833. The summed E-state index contributed by atoms with van der Waals surface area (Å²) in [6.45, 7) is 1.95. The molecule has 0 bridgehead atoms. The predicted molar refractivity (Wildman–Crippen MR) is 63.3 cm³/mol. The molecular weight excluding hydrogens is 227 g/mol. The van der Waals surface area contributed by atoms with Crippen LogP contribution in [-0.4, -0.2) is 9.97 Å². The van der Waals surface area contributed by atoms with Gasteiger partial charge in [0.05, 0.1) is 5.52 Å². The van der Waals surface area contributed by atoms with Crippen LogP contribution < -0.4 is 0 Å². The maximum absolute atomic E-state index is 13.7. The zero-order valence-corrected chi connectivity index (χ0v) is 9.27. The van der Waals surface area contributed by atoms with Gasteiger partial charge in [0.25, 0.3) is 0 Å². The molecule has 0 radical (unpaired) electrons. The Balaban J connectivity index is 2.64. The van der Waals surface area contributed by atoms with Crippen LogP contribution in [0.2, 0.25) is 5.15 Å². The van der Waals surface area contributed by atoms with E-state index in [9.17, 15) is 4.39 Å². The molecule has 0 amide bonds. The van der Waals surface area contributed by atoms with E-state index in [1.165, 1.54) is 6.07 Å². The zero-order chi connectivity index (χ0) is 11.3. The number of fused-ring (bicyclic) bond motifs is 3. The van der Waals surface area contributed by atoms with Gasteiger partial charge in [-0.1, -0.05) is 11.6 Å². The standard InChI is InChI=1S/C12H8ClFN2/c1-6-4-10(13)16-9-5-8(14)12-7(11(6)9)2-3-15-12/h2-5,16H,1H3. The molecule has 0 aliphatic carbocycles. The topological polar surface area (TPSA) is 28.7 Å². The first-order valence-electron chi connectivity index (χ1n) is 4.89. The molecule has 2 aromatic heterocycles. The van der Waals surface area contributed by atoms with Crippen molar-refractivity contribution in [3.05, 3.63) is 40.9 Å². The summed E-state index contributed by atoms with van der Waals surface area (Å²) >= 11 is 5.91. The van der Waals surface area contributed by atoms with Crippen molar-refractivity contribution in [1.29, 1.82) is 0 Å². The van der Waals surface area contributed by atoms with Crippen molar-refractivity contribution in [2.45, 2.75) is 6.92 Å². The first-order chi connectivity index (χ1) is 7.66. The lowest BCUT2D eigenvalue weighted by Crippen LogP contribution is -1.88. The van der Waals surface area contributed by atoms with Crippen LogP contribution in [0.4, 0.5) is 4.39 Å². The molecule has 4 heteroatoms. The minimum atomic E-state index is -0.328. The number of H-pyrrole nitrogens is 1. The number of nitrogens with zero attached hydrogens (tertiary/aromatic N) is 1. The van der Waals surface area contributed by atoms with E-state index in [4.69, 9.17) is 11.6 Å². The van der Waals surface area contributed by atoms with Crippen LogP contribution in [0.5, 0.6) is 0 Å². The van der Waals surface area contributed by atoms with Gasteiger partial charge in [-0.25, -0.2) is 4.39 Å². The van der Waals surface area contributed by atoms with E-state index < -0.39 is 0 Å². The highest BCUT2D eigenvalue weighted by molar-refractivity contribution is 6.30. The third-order valence-electron chi connectivity index (χ3n) is 2.73. The molecule has 2 nitrogen and oxygen atoms in total. The Morgan fingerprint density at radius 3 is 3.00 bits per heavy atom. The molecule has 0 unspecified atom stereocenters. The Morgan fingerprint density at radius 1 is 1.38 bits per heavy atom. The van der Waals surface area contributed by atoms with Crippen molar-refractivity contribution in [2.75, 3.05) is 0 Å². The molecule has 0 aliphatic rings. The maximum atomic E-state index is 13.7. The summed E-state index contributed by atoms with van der Waals surface area (Å²) in [5.41, 5.74) is 2.12. The highest BCUT2D eigenvalue weighted by Gasteiger charge is 2.10. The SMILES string of the molecule is Cc1cc(Cl)[nH]c2cc(F)c3nccc3c12. The number of hydrogen-bond acceptors (Lipinski definition) is 1. The molecule has 1 N–H and O–H groups in total. The van der Waals surface area contributed by atoms with Gasteiger partial charge in [-0.3, -0.25) is 4.98 Å². The molecule has 0 aliphatic heterocycles. The van der Waals surface area contributed by atoms with Crippen molar-refractivity contribution >= 4 is 33.4 Å². The number of hydrogen-bond donors (Lipinski definition) is 1. The summed E-state index contributed by atoms with van der Waals surface area (Å²) in [4.78, 5) is 6.96. The second-order valence-electron chi connectivity index (χ2n) is 3.79. The van der Waals surface area contributed by atoms with Crippen LogP contribution >= 0.6 is 11.6 Å². The summed E-state index contributed by atoms with van der Waals surface area (Å²) in [5.74, 6) is -0.328. The number of aryl methyl sites for hydroxylation is 1. The minimum absolute atomic E-state index is 0.328. The van der Waals surface area contributed by atoms with Gasteiger partial charge in [0.2, 0.25) is 0 Å². The Kier molecular flexibility index (Phi) is 1.91. The van der Waals surface area contributed by atoms with Gasteiger partial charge < -0.3 is 4.98 Å². The van der Waals surface area contributed by atoms with Crippen molar-refractivity contribution in [3.63, 3.8) is 0 Å². The molecule has 2 heterocycles. The van der Waals surface area contributed by atoms with Crippen LogP contribution in [0, 0.1) is 12.7 Å². The molecule has 0 atom stereocenters. The Bertz CT molecular complexity index is 703. The van der Waals surface area contributed by atoms with Gasteiger partial charge in [-0.2, -0.15) is 0 Å². The largest absolute Gasteiger partial charge is 0.346 e. The second kappa shape index (κ2) is 3.19. The highest BCUT2D eigenvalue weighted by Crippen LogP contribution is 2.29. The molecule has 80 valence electrons. The van der Waals surface area contributed by atoms with Crippen molar-refractivity contribution < 1.29 is 4.39 Å². The van der Waals surface area contributed by atoms with Gasteiger partial charge in [-0.15, -0.1) is 0 Å². The van der Waals surface area contributed by atoms with Crippen molar-refractivity contribution in [2.24, 2.45) is 0 Å². The quantitative estimate of drug-likeness (QED) is 0.589. The first-order valence-corrected chi connectivity index (χ1v) is 5.26. The summed E-state index contributed by atoms with van der Waals surface area (Å²) in [7, 11) is 0. The fourth-order valence-electron chi connectivity index (χ4n) is 2.09. The smallest absolute Gasteiger partial charge is 0.151 e. The lowest BCUT2D eigenvalue weighted by atomic mass is 10.1. The molecule has 0 fully saturated rings. The summed E-state index contributed by atoms with van der Waals surface area (Å²) in [6.07, 6.45) is 1.61. The summed E-state index contributed by atoms with van der Waals surface area (Å²) in [5, 5.41) is 2.29. The normalized spacial score (nSPS) is 11.4. The van der Waals surface area contributed by atoms with Crippen LogP contribution in [0.1, 0.15) is 5.56 Å². The van der Waals surface area contributed by atoms with E-state index in [0.29, 0.717) is 16.2 Å². The zero-order valence-electron chi connectivity index (χ0n) is 8.51. The van der Waals surface area contributed by atoms with E-state index in [1.807, 2.05) is 19.1 Å². The molecule has 3 rings (SSSR count). The number of aromatic amines is 1. The predicted octanol–water partition coefficient (Wildman–Crippen LogP) is 3.82. The molecule has 0 spiro atoms. The van der Waals surface area contributed by atoms with E-state index in [2.05, 4.69) is 9.97 Å². The lowest BCUT2D eigenvalue weighted by Gasteiger charge is -2.06. The summed E-state index contributed by atoms with van der Waals surface area (Å²) < 4.78 is 13.7. The molecule has 1 aromatic carbocycles. The Hall–Kier alpha value is -1.61. The Morgan fingerprint density at radius 2 is 2.19 bits per heavy atom. The average Bonchev–Trinajstić information content (AvgIpc) is 2.65. The number of nitrogens with one attached hydrogen (secondary N) is 1.